The molecule has 2 N–H and O–H groups in total. The van der Waals surface area contributed by atoms with Gasteiger partial charge in [-0.1, -0.05) is 18.9 Å². The van der Waals surface area contributed by atoms with E-state index in [1.807, 2.05) is 0 Å². The van der Waals surface area contributed by atoms with Crippen LogP contribution in [0.4, 0.5) is 0 Å². The van der Waals surface area contributed by atoms with Crippen LogP contribution in [0.5, 0.6) is 0 Å². The summed E-state index contributed by atoms with van der Waals surface area (Å²) >= 11 is 1.52. The molecule has 1 heterocycles. The van der Waals surface area contributed by atoms with Gasteiger partial charge in [0.2, 0.25) is 0 Å². The Hall–Kier alpha value is 0.270. The molecule has 2 atom stereocenters. The largest absolute Gasteiger partial charge is 0.299 e. The maximum Gasteiger partial charge on any atom is 0.0330 e. The summed E-state index contributed by atoms with van der Waals surface area (Å²) in [6.07, 6.45) is 2.52. The highest BCUT2D eigenvalue weighted by atomic mass is 32.2. The summed E-state index contributed by atoms with van der Waals surface area (Å²) in [5.41, 5.74) is 0. The van der Waals surface area contributed by atoms with Gasteiger partial charge in [-0.2, -0.15) is 0 Å². The molecule has 3 heteroatoms. The fraction of sp³-hybridized carbons (Fsp3) is 1.00. The van der Waals surface area contributed by atoms with E-state index in [1.54, 1.807) is 0 Å². The zero-order chi connectivity index (χ0) is 8.27. The minimum atomic E-state index is 0.684. The van der Waals surface area contributed by atoms with Crippen LogP contribution in [-0.4, -0.2) is 29.3 Å². The average Bonchev–Trinajstić information content (AvgIpc) is 2.50. The highest BCUT2D eigenvalue weighted by Gasteiger charge is 2.24. The van der Waals surface area contributed by atoms with Crippen LogP contribution in [0.25, 0.3) is 0 Å². The van der Waals surface area contributed by atoms with E-state index in [2.05, 4.69) is 18.7 Å². The third-order valence-corrected chi connectivity index (χ3v) is 3.35. The number of nitrogens with two attached hydrogens (primary N) is 1. The average molecular weight is 174 g/mol. The van der Waals surface area contributed by atoms with Gasteiger partial charge in [0.25, 0.3) is 0 Å². The van der Waals surface area contributed by atoms with Gasteiger partial charge in [0.05, 0.1) is 0 Å². The molecule has 1 rings (SSSR count). The van der Waals surface area contributed by atoms with E-state index in [1.165, 1.54) is 37.9 Å². The van der Waals surface area contributed by atoms with Gasteiger partial charge in [-0.15, -0.1) is 0 Å². The first-order chi connectivity index (χ1) is 5.27. The van der Waals surface area contributed by atoms with E-state index in [4.69, 9.17) is 5.14 Å². The number of hydrogen-bond acceptors (Lipinski definition) is 3. The zero-order valence-corrected chi connectivity index (χ0v) is 8.23. The molecule has 0 aliphatic carbocycles. The molecule has 2 nitrogen and oxygen atoms in total. The van der Waals surface area contributed by atoms with Gasteiger partial charge in [0.1, 0.15) is 0 Å². The Bertz CT molecular complexity index is 119. The maximum absolute atomic E-state index is 5.53. The first-order valence-corrected chi connectivity index (χ1v) is 5.31. The SMILES string of the molecule is CCC(C)N1CCC(SN)C1. The van der Waals surface area contributed by atoms with Crippen molar-refractivity contribution in [2.75, 3.05) is 13.1 Å². The fourth-order valence-corrected chi connectivity index (χ4v) is 2.04. The monoisotopic (exact) mass is 174 g/mol. The summed E-state index contributed by atoms with van der Waals surface area (Å²) in [4.78, 5) is 2.53. The lowest BCUT2D eigenvalue weighted by Gasteiger charge is -2.22. The molecule has 0 aromatic carbocycles. The number of rotatable bonds is 3. The molecule has 0 amide bonds. The standard InChI is InChI=1S/C8H18N2S/c1-3-7(2)10-5-4-8(6-10)11-9/h7-8H,3-6,9H2,1-2H3. The van der Waals surface area contributed by atoms with Crippen LogP contribution in [-0.2, 0) is 0 Å². The quantitative estimate of drug-likeness (QED) is 0.657. The van der Waals surface area contributed by atoms with Crippen molar-refractivity contribution in [2.45, 2.75) is 38.0 Å². The molecule has 1 fully saturated rings. The molecule has 0 bridgehead atoms. The first kappa shape index (κ1) is 9.36. The molecule has 66 valence electrons. The molecule has 11 heavy (non-hydrogen) atoms. The Morgan fingerprint density at radius 3 is 2.91 bits per heavy atom. The molecule has 0 spiro atoms. The molecule has 0 aromatic rings. The van der Waals surface area contributed by atoms with Crippen molar-refractivity contribution in [2.24, 2.45) is 5.14 Å². The van der Waals surface area contributed by atoms with Crippen molar-refractivity contribution in [1.82, 2.24) is 4.90 Å². The number of hydrogen-bond donors (Lipinski definition) is 1. The number of likely N-dealkylation sites (tertiary alicyclic amines) is 1. The van der Waals surface area contributed by atoms with Crippen LogP contribution in [0.15, 0.2) is 0 Å². The van der Waals surface area contributed by atoms with E-state index >= 15 is 0 Å². The second-order valence-corrected chi connectivity index (χ2v) is 4.24. The summed E-state index contributed by atoms with van der Waals surface area (Å²) in [6.45, 7) is 6.97. The van der Waals surface area contributed by atoms with E-state index in [0.29, 0.717) is 5.25 Å². The van der Waals surface area contributed by atoms with Crippen molar-refractivity contribution in [3.05, 3.63) is 0 Å². The van der Waals surface area contributed by atoms with E-state index in [9.17, 15) is 0 Å². The fourth-order valence-electron chi connectivity index (χ4n) is 1.52. The van der Waals surface area contributed by atoms with Gasteiger partial charge < -0.3 is 0 Å². The van der Waals surface area contributed by atoms with Crippen molar-refractivity contribution in [1.29, 1.82) is 0 Å². The van der Waals surface area contributed by atoms with Gasteiger partial charge in [-0.25, -0.2) is 0 Å². The minimum Gasteiger partial charge on any atom is -0.299 e. The Morgan fingerprint density at radius 1 is 1.73 bits per heavy atom. The second kappa shape index (κ2) is 4.33. The molecule has 2 unspecified atom stereocenters. The van der Waals surface area contributed by atoms with Gasteiger partial charge in [-0.05, 0) is 26.3 Å². The van der Waals surface area contributed by atoms with Gasteiger partial charge in [0.15, 0.2) is 0 Å². The smallest absolute Gasteiger partial charge is 0.0330 e. The Morgan fingerprint density at radius 2 is 2.45 bits per heavy atom. The number of nitrogens with zero attached hydrogens (tertiary/aromatic N) is 1. The topological polar surface area (TPSA) is 29.3 Å². The summed E-state index contributed by atoms with van der Waals surface area (Å²) in [5, 5.41) is 6.21. The van der Waals surface area contributed by atoms with Crippen molar-refractivity contribution in [3.63, 3.8) is 0 Å². The van der Waals surface area contributed by atoms with E-state index in [0.717, 1.165) is 6.04 Å². The lowest BCUT2D eigenvalue weighted by atomic mass is 10.2. The van der Waals surface area contributed by atoms with Crippen LogP contribution in [0.2, 0.25) is 0 Å². The Kier molecular flexibility index (Phi) is 3.69. The summed E-state index contributed by atoms with van der Waals surface area (Å²) in [5.74, 6) is 0. The third kappa shape index (κ3) is 2.36. The van der Waals surface area contributed by atoms with Crippen LogP contribution < -0.4 is 5.14 Å². The molecule has 0 saturated carbocycles. The van der Waals surface area contributed by atoms with Crippen LogP contribution in [0.3, 0.4) is 0 Å². The van der Waals surface area contributed by atoms with Crippen LogP contribution >= 0.6 is 11.9 Å². The van der Waals surface area contributed by atoms with Crippen molar-refractivity contribution in [3.8, 4) is 0 Å². The Labute approximate surface area is 73.6 Å². The van der Waals surface area contributed by atoms with Gasteiger partial charge >= 0.3 is 0 Å². The Balaban J connectivity index is 2.29. The zero-order valence-electron chi connectivity index (χ0n) is 7.42. The summed E-state index contributed by atoms with van der Waals surface area (Å²) < 4.78 is 0. The molecule has 1 aliphatic heterocycles. The lowest BCUT2D eigenvalue weighted by Crippen LogP contribution is -2.30. The predicted molar refractivity (Wildman–Crippen MR) is 51.5 cm³/mol. The molecule has 0 aromatic heterocycles. The van der Waals surface area contributed by atoms with Gasteiger partial charge in [-0.3, -0.25) is 10.0 Å². The van der Waals surface area contributed by atoms with E-state index in [-0.39, 0.29) is 0 Å². The molecule has 1 aliphatic rings. The third-order valence-electron chi connectivity index (χ3n) is 2.58. The normalized spacial score (nSPS) is 29.2. The first-order valence-electron chi connectivity index (χ1n) is 4.37. The highest BCUT2D eigenvalue weighted by molar-refractivity contribution is 7.97. The molecule has 1 saturated heterocycles. The second-order valence-electron chi connectivity index (χ2n) is 3.30. The maximum atomic E-state index is 5.53. The summed E-state index contributed by atoms with van der Waals surface area (Å²) in [7, 11) is 0. The van der Waals surface area contributed by atoms with Crippen LogP contribution in [0, 0.1) is 0 Å². The van der Waals surface area contributed by atoms with E-state index < -0.39 is 0 Å². The molecular formula is C8H18N2S. The molecule has 0 radical (unpaired) electrons. The molecular weight excluding hydrogens is 156 g/mol. The summed E-state index contributed by atoms with van der Waals surface area (Å²) in [6, 6.07) is 0.743. The van der Waals surface area contributed by atoms with Crippen molar-refractivity contribution >= 4 is 11.9 Å². The minimum absolute atomic E-state index is 0.684. The van der Waals surface area contributed by atoms with Crippen molar-refractivity contribution < 1.29 is 0 Å². The lowest BCUT2D eigenvalue weighted by molar-refractivity contribution is 0.254. The van der Waals surface area contributed by atoms with Crippen LogP contribution in [0.1, 0.15) is 26.7 Å². The highest BCUT2D eigenvalue weighted by Crippen LogP contribution is 2.20. The van der Waals surface area contributed by atoms with Gasteiger partial charge in [0, 0.05) is 17.8 Å². The predicted octanol–water partition coefficient (Wildman–Crippen LogP) is 1.47.